The Morgan fingerprint density at radius 2 is 2.21 bits per heavy atom. The summed E-state index contributed by atoms with van der Waals surface area (Å²) >= 11 is 3.55. The molecule has 7 heteroatoms. The van der Waals surface area contributed by atoms with Gasteiger partial charge in [0.25, 0.3) is 5.69 Å². The maximum atomic E-state index is 10.8. The minimum atomic E-state index is -0.377. The van der Waals surface area contributed by atoms with Crippen molar-refractivity contribution in [1.29, 1.82) is 0 Å². The number of benzene rings is 1. The number of nitrogens with one attached hydrogen (secondary N) is 1. The summed E-state index contributed by atoms with van der Waals surface area (Å²) in [7, 11) is 0. The van der Waals surface area contributed by atoms with Gasteiger partial charge in [0.05, 0.1) is 14.0 Å². The molecule has 1 aromatic heterocycles. The van der Waals surface area contributed by atoms with Crippen molar-refractivity contribution >= 4 is 45.3 Å². The fourth-order valence-corrected chi connectivity index (χ4v) is 3.11. The van der Waals surface area contributed by atoms with Gasteiger partial charge in [-0.1, -0.05) is 0 Å². The van der Waals surface area contributed by atoms with Gasteiger partial charge in [-0.25, -0.2) is 4.98 Å². The van der Waals surface area contributed by atoms with Crippen LogP contribution >= 0.6 is 33.9 Å². The summed E-state index contributed by atoms with van der Waals surface area (Å²) in [4.78, 5) is 14.7. The normalized spacial score (nSPS) is 11.3. The smallest absolute Gasteiger partial charge is 0.282 e. The molecular formula is C12H12IN3O2S. The van der Waals surface area contributed by atoms with Gasteiger partial charge in [-0.15, -0.1) is 11.3 Å². The van der Waals surface area contributed by atoms with E-state index in [2.05, 4.69) is 10.3 Å². The van der Waals surface area contributed by atoms with Crippen molar-refractivity contribution < 1.29 is 4.92 Å². The van der Waals surface area contributed by atoms with Crippen molar-refractivity contribution in [2.24, 2.45) is 0 Å². The van der Waals surface area contributed by atoms with Crippen molar-refractivity contribution in [2.45, 2.75) is 19.4 Å². The molecule has 0 unspecified atom stereocenters. The van der Waals surface area contributed by atoms with Crippen LogP contribution in [0.5, 0.6) is 0 Å². The first kappa shape index (κ1) is 14.2. The summed E-state index contributed by atoms with van der Waals surface area (Å²) in [6, 6.07) is 5.01. The number of nitro benzene ring substituents is 1. The molecule has 100 valence electrons. The van der Waals surface area contributed by atoms with Crippen LogP contribution in [0.3, 0.4) is 0 Å². The Bertz CT molecular complexity index is 599. The molecule has 1 aromatic carbocycles. The minimum absolute atomic E-state index is 0.123. The maximum Gasteiger partial charge on any atom is 0.282 e. The number of nitrogens with zero attached hydrogens (tertiary/aromatic N) is 2. The molecule has 0 radical (unpaired) electrons. The van der Waals surface area contributed by atoms with Crippen LogP contribution in [0.2, 0.25) is 0 Å². The lowest BCUT2D eigenvalue weighted by molar-refractivity contribution is -0.385. The zero-order chi connectivity index (χ0) is 14.0. The molecule has 0 saturated carbocycles. The van der Waals surface area contributed by atoms with Crippen LogP contribution < -0.4 is 5.32 Å². The van der Waals surface area contributed by atoms with Gasteiger partial charge < -0.3 is 5.32 Å². The quantitative estimate of drug-likeness (QED) is 0.488. The number of halogens is 1. The summed E-state index contributed by atoms with van der Waals surface area (Å²) in [5.41, 5.74) is 0.654. The van der Waals surface area contributed by atoms with Crippen LogP contribution in [-0.2, 0) is 5.54 Å². The van der Waals surface area contributed by atoms with E-state index in [0.29, 0.717) is 3.57 Å². The highest BCUT2D eigenvalue weighted by atomic mass is 127. The van der Waals surface area contributed by atoms with Crippen LogP contribution in [0, 0.1) is 13.7 Å². The summed E-state index contributed by atoms with van der Waals surface area (Å²) in [5, 5.41) is 17.0. The zero-order valence-electron chi connectivity index (χ0n) is 10.4. The lowest BCUT2D eigenvalue weighted by Crippen LogP contribution is -2.27. The summed E-state index contributed by atoms with van der Waals surface area (Å²) in [6.45, 7) is 4.06. The van der Waals surface area contributed by atoms with E-state index in [1.807, 2.05) is 41.8 Å². The van der Waals surface area contributed by atoms with Crippen LogP contribution in [0.4, 0.5) is 11.4 Å². The van der Waals surface area contributed by atoms with Crippen LogP contribution in [-0.4, -0.2) is 9.91 Å². The SMILES string of the molecule is CC(C)(Nc1ccc([N+](=O)[O-])c(I)c1)c1nccs1. The van der Waals surface area contributed by atoms with Crippen LogP contribution in [0.15, 0.2) is 29.8 Å². The van der Waals surface area contributed by atoms with Crippen molar-refractivity contribution in [2.75, 3.05) is 5.32 Å². The Labute approximate surface area is 128 Å². The Kier molecular flexibility index (Phi) is 4.04. The number of aromatic nitrogens is 1. The fourth-order valence-electron chi connectivity index (χ4n) is 1.68. The van der Waals surface area contributed by atoms with Gasteiger partial charge in [0.15, 0.2) is 0 Å². The average Bonchev–Trinajstić information content (AvgIpc) is 2.81. The molecule has 0 aliphatic heterocycles. The first-order valence-corrected chi connectivity index (χ1v) is 7.48. The van der Waals surface area contributed by atoms with Crippen molar-refractivity contribution in [1.82, 2.24) is 4.98 Å². The third kappa shape index (κ3) is 3.21. The van der Waals surface area contributed by atoms with E-state index >= 15 is 0 Å². The van der Waals surface area contributed by atoms with Crippen molar-refractivity contribution in [3.05, 3.63) is 48.5 Å². The third-order valence-corrected chi connectivity index (χ3v) is 4.53. The van der Waals surface area contributed by atoms with E-state index < -0.39 is 0 Å². The summed E-state index contributed by atoms with van der Waals surface area (Å²) < 4.78 is 0.613. The molecular weight excluding hydrogens is 377 g/mol. The largest absolute Gasteiger partial charge is 0.374 e. The molecule has 0 amide bonds. The summed E-state index contributed by atoms with van der Waals surface area (Å²) in [5.74, 6) is 0. The Morgan fingerprint density at radius 3 is 2.74 bits per heavy atom. The zero-order valence-corrected chi connectivity index (χ0v) is 13.4. The van der Waals surface area contributed by atoms with Gasteiger partial charge in [-0.3, -0.25) is 10.1 Å². The monoisotopic (exact) mass is 389 g/mol. The molecule has 0 aliphatic carbocycles. The van der Waals surface area contributed by atoms with Gasteiger partial charge in [0.1, 0.15) is 5.01 Å². The number of hydrogen-bond acceptors (Lipinski definition) is 5. The topological polar surface area (TPSA) is 68.1 Å². The summed E-state index contributed by atoms with van der Waals surface area (Å²) in [6.07, 6.45) is 1.77. The number of hydrogen-bond donors (Lipinski definition) is 1. The van der Waals surface area contributed by atoms with E-state index in [9.17, 15) is 10.1 Å². The maximum absolute atomic E-state index is 10.8. The highest BCUT2D eigenvalue weighted by Gasteiger charge is 2.23. The second-order valence-electron chi connectivity index (χ2n) is 4.51. The minimum Gasteiger partial charge on any atom is -0.374 e. The van der Waals surface area contributed by atoms with E-state index in [-0.39, 0.29) is 16.1 Å². The molecule has 2 aromatic rings. The van der Waals surface area contributed by atoms with E-state index in [1.54, 1.807) is 29.7 Å². The first-order chi connectivity index (χ1) is 8.90. The molecule has 2 rings (SSSR count). The van der Waals surface area contributed by atoms with Crippen LogP contribution in [0.25, 0.3) is 0 Å². The Balaban J connectivity index is 2.25. The first-order valence-electron chi connectivity index (χ1n) is 5.52. The molecule has 19 heavy (non-hydrogen) atoms. The van der Waals surface area contributed by atoms with Crippen molar-refractivity contribution in [3.8, 4) is 0 Å². The molecule has 5 nitrogen and oxygen atoms in total. The number of rotatable bonds is 4. The van der Waals surface area contributed by atoms with E-state index in [4.69, 9.17) is 0 Å². The lowest BCUT2D eigenvalue weighted by Gasteiger charge is -2.25. The highest BCUT2D eigenvalue weighted by Crippen LogP contribution is 2.30. The van der Waals surface area contributed by atoms with Gasteiger partial charge in [-0.05, 0) is 48.6 Å². The molecule has 0 aliphatic rings. The Hall–Kier alpha value is -1.22. The molecule has 0 fully saturated rings. The predicted octanol–water partition coefficient (Wildman–Crippen LogP) is 4.00. The lowest BCUT2D eigenvalue weighted by atomic mass is 10.1. The van der Waals surface area contributed by atoms with Gasteiger partial charge in [-0.2, -0.15) is 0 Å². The van der Waals surface area contributed by atoms with Gasteiger partial charge >= 0.3 is 0 Å². The van der Waals surface area contributed by atoms with E-state index in [0.717, 1.165) is 10.7 Å². The van der Waals surface area contributed by atoms with Gasteiger partial charge in [0, 0.05) is 23.3 Å². The van der Waals surface area contributed by atoms with E-state index in [1.165, 1.54) is 6.07 Å². The number of thiazole rings is 1. The predicted molar refractivity (Wildman–Crippen MR) is 84.6 cm³/mol. The Morgan fingerprint density at radius 1 is 1.47 bits per heavy atom. The molecule has 1 N–H and O–H groups in total. The molecule has 0 atom stereocenters. The van der Waals surface area contributed by atoms with Crippen molar-refractivity contribution in [3.63, 3.8) is 0 Å². The standard InChI is InChI=1S/C12H12IN3O2S/c1-12(2,11-14-5-6-19-11)15-8-3-4-10(16(17)18)9(13)7-8/h3-7,15H,1-2H3. The number of nitro groups is 1. The number of anilines is 1. The second-order valence-corrected chi connectivity index (χ2v) is 6.57. The third-order valence-electron chi connectivity index (χ3n) is 2.57. The molecule has 0 spiro atoms. The molecule has 1 heterocycles. The van der Waals surface area contributed by atoms with Gasteiger partial charge in [0.2, 0.25) is 0 Å². The fraction of sp³-hybridized carbons (Fsp3) is 0.250. The highest BCUT2D eigenvalue weighted by molar-refractivity contribution is 14.1. The second kappa shape index (κ2) is 5.41. The molecule has 0 saturated heterocycles. The van der Waals surface area contributed by atoms with Crippen LogP contribution in [0.1, 0.15) is 18.9 Å². The molecule has 0 bridgehead atoms. The average molecular weight is 389 g/mol.